The molecule has 3 rings (SSSR count). The summed E-state index contributed by atoms with van der Waals surface area (Å²) in [6.45, 7) is 7.55. The molecule has 114 valence electrons. The Bertz CT molecular complexity index is 368. The zero-order valence-corrected chi connectivity index (χ0v) is 13.1. The number of hydrogen-bond acceptors (Lipinski definition) is 3. The van der Waals surface area contributed by atoms with E-state index in [2.05, 4.69) is 5.32 Å². The minimum atomic E-state index is -0.383. The molecule has 0 aromatic carbocycles. The quantitative estimate of drug-likeness (QED) is 0.845. The first kappa shape index (κ1) is 14.2. The number of amides is 1. The molecule has 0 aromatic heterocycles. The van der Waals surface area contributed by atoms with Gasteiger partial charge in [0.25, 0.3) is 0 Å². The van der Waals surface area contributed by atoms with Crippen molar-refractivity contribution in [3.63, 3.8) is 0 Å². The Kier molecular flexibility index (Phi) is 3.47. The second-order valence-electron chi connectivity index (χ2n) is 8.09. The summed E-state index contributed by atoms with van der Waals surface area (Å²) in [6, 6.07) is 1.46. The normalized spacial score (nSPS) is 26.4. The number of hydrogen-bond donors (Lipinski definition) is 1. The van der Waals surface area contributed by atoms with Crippen molar-refractivity contribution in [3.05, 3.63) is 0 Å². The number of rotatable bonds is 2. The molecule has 2 saturated carbocycles. The summed E-state index contributed by atoms with van der Waals surface area (Å²) in [4.78, 5) is 13.8. The van der Waals surface area contributed by atoms with E-state index in [1.807, 2.05) is 25.7 Å². The Hall–Kier alpha value is -0.770. The average Bonchev–Trinajstić information content (AvgIpc) is 2.68. The van der Waals surface area contributed by atoms with Gasteiger partial charge in [0.2, 0.25) is 0 Å². The van der Waals surface area contributed by atoms with Crippen molar-refractivity contribution < 1.29 is 9.53 Å². The fourth-order valence-corrected chi connectivity index (χ4v) is 4.01. The molecule has 0 radical (unpaired) electrons. The van der Waals surface area contributed by atoms with Gasteiger partial charge in [-0.05, 0) is 46.5 Å². The van der Waals surface area contributed by atoms with Crippen LogP contribution in [0.4, 0.5) is 4.79 Å². The van der Waals surface area contributed by atoms with Crippen LogP contribution in [0.15, 0.2) is 0 Å². The molecule has 20 heavy (non-hydrogen) atoms. The molecule has 0 unspecified atom stereocenters. The molecule has 4 heteroatoms. The van der Waals surface area contributed by atoms with Crippen LogP contribution in [0, 0.1) is 5.41 Å². The Morgan fingerprint density at radius 3 is 2.30 bits per heavy atom. The summed E-state index contributed by atoms with van der Waals surface area (Å²) in [5.74, 6) is 0. The van der Waals surface area contributed by atoms with Gasteiger partial charge in [-0.25, -0.2) is 4.79 Å². The number of likely N-dealkylation sites (tertiary alicyclic amines) is 1. The minimum Gasteiger partial charge on any atom is -0.444 e. The lowest BCUT2D eigenvalue weighted by molar-refractivity contribution is -0.0842. The van der Waals surface area contributed by atoms with E-state index < -0.39 is 0 Å². The molecule has 1 amide bonds. The van der Waals surface area contributed by atoms with Crippen LogP contribution in [0.1, 0.15) is 59.3 Å². The SMILES string of the molecule is CC(C)(C)OC(=O)N1CC2(CC(NC3CCCC3)C2)C1. The van der Waals surface area contributed by atoms with Gasteiger partial charge in [0.15, 0.2) is 0 Å². The van der Waals surface area contributed by atoms with Gasteiger partial charge in [-0.3, -0.25) is 0 Å². The molecule has 0 aromatic rings. The van der Waals surface area contributed by atoms with E-state index in [0.29, 0.717) is 11.5 Å². The molecule has 1 spiro atoms. The summed E-state index contributed by atoms with van der Waals surface area (Å²) in [5, 5.41) is 3.79. The van der Waals surface area contributed by atoms with Crippen molar-refractivity contribution in [2.45, 2.75) is 77.0 Å². The predicted molar refractivity (Wildman–Crippen MR) is 78.7 cm³/mol. The van der Waals surface area contributed by atoms with E-state index in [1.165, 1.54) is 38.5 Å². The lowest BCUT2D eigenvalue weighted by atomic mass is 9.60. The molecule has 1 aliphatic heterocycles. The van der Waals surface area contributed by atoms with Crippen molar-refractivity contribution in [1.29, 1.82) is 0 Å². The first-order chi connectivity index (χ1) is 9.35. The third-order valence-electron chi connectivity index (χ3n) is 4.89. The monoisotopic (exact) mass is 280 g/mol. The van der Waals surface area contributed by atoms with Crippen molar-refractivity contribution >= 4 is 6.09 Å². The van der Waals surface area contributed by atoms with Gasteiger partial charge in [-0.1, -0.05) is 12.8 Å². The minimum absolute atomic E-state index is 0.143. The van der Waals surface area contributed by atoms with Gasteiger partial charge < -0.3 is 15.0 Å². The standard InChI is InChI=1S/C16H28N2O2/c1-15(2,3)20-14(19)18-10-16(11-18)8-13(9-16)17-12-6-4-5-7-12/h12-13,17H,4-11H2,1-3H3. The van der Waals surface area contributed by atoms with Gasteiger partial charge in [0, 0.05) is 30.6 Å². The first-order valence-corrected chi connectivity index (χ1v) is 8.09. The van der Waals surface area contributed by atoms with Crippen LogP contribution in [0.2, 0.25) is 0 Å². The van der Waals surface area contributed by atoms with E-state index in [4.69, 9.17) is 4.74 Å². The summed E-state index contributed by atoms with van der Waals surface area (Å²) >= 11 is 0. The summed E-state index contributed by atoms with van der Waals surface area (Å²) < 4.78 is 5.41. The highest BCUT2D eigenvalue weighted by Gasteiger charge is 2.54. The van der Waals surface area contributed by atoms with E-state index in [1.54, 1.807) is 0 Å². The Morgan fingerprint density at radius 1 is 1.15 bits per heavy atom. The molecule has 0 bridgehead atoms. The first-order valence-electron chi connectivity index (χ1n) is 8.09. The van der Waals surface area contributed by atoms with E-state index in [9.17, 15) is 4.79 Å². The molecule has 3 fully saturated rings. The molecule has 2 aliphatic carbocycles. The molecular formula is C16H28N2O2. The Morgan fingerprint density at radius 2 is 1.75 bits per heavy atom. The molecule has 1 saturated heterocycles. The highest BCUT2D eigenvalue weighted by atomic mass is 16.6. The van der Waals surface area contributed by atoms with E-state index in [0.717, 1.165) is 19.1 Å². The lowest BCUT2D eigenvalue weighted by Gasteiger charge is -2.59. The predicted octanol–water partition coefficient (Wildman–Crippen LogP) is 2.92. The Labute approximate surface area is 122 Å². The maximum Gasteiger partial charge on any atom is 0.410 e. The lowest BCUT2D eigenvalue weighted by Crippen LogP contribution is -2.68. The zero-order chi connectivity index (χ0) is 14.4. The molecular weight excluding hydrogens is 252 g/mol. The summed E-state index contributed by atoms with van der Waals surface area (Å²) in [5.41, 5.74) is 0.0270. The second-order valence-corrected chi connectivity index (χ2v) is 8.09. The number of nitrogens with one attached hydrogen (secondary N) is 1. The van der Waals surface area contributed by atoms with Crippen molar-refractivity contribution in [1.82, 2.24) is 10.2 Å². The summed E-state index contributed by atoms with van der Waals surface area (Å²) in [7, 11) is 0. The number of nitrogens with zero attached hydrogens (tertiary/aromatic N) is 1. The van der Waals surface area contributed by atoms with Crippen molar-refractivity contribution in [2.24, 2.45) is 5.41 Å². The van der Waals surface area contributed by atoms with Crippen molar-refractivity contribution in [3.8, 4) is 0 Å². The van der Waals surface area contributed by atoms with Crippen LogP contribution >= 0.6 is 0 Å². The van der Waals surface area contributed by atoms with Gasteiger partial charge in [0.1, 0.15) is 5.60 Å². The number of ether oxygens (including phenoxy) is 1. The summed E-state index contributed by atoms with van der Waals surface area (Å²) in [6.07, 6.45) is 7.83. The average molecular weight is 280 g/mol. The number of carbonyl (C=O) groups is 1. The highest BCUT2D eigenvalue weighted by Crippen LogP contribution is 2.49. The van der Waals surface area contributed by atoms with Gasteiger partial charge >= 0.3 is 6.09 Å². The topological polar surface area (TPSA) is 41.6 Å². The third-order valence-corrected chi connectivity index (χ3v) is 4.89. The van der Waals surface area contributed by atoms with Crippen molar-refractivity contribution in [2.75, 3.05) is 13.1 Å². The van der Waals surface area contributed by atoms with E-state index in [-0.39, 0.29) is 11.7 Å². The van der Waals surface area contributed by atoms with Gasteiger partial charge in [-0.2, -0.15) is 0 Å². The van der Waals surface area contributed by atoms with Crippen LogP contribution < -0.4 is 5.32 Å². The molecule has 1 heterocycles. The van der Waals surface area contributed by atoms with Gasteiger partial charge in [0.05, 0.1) is 0 Å². The fraction of sp³-hybridized carbons (Fsp3) is 0.938. The molecule has 1 N–H and O–H groups in total. The van der Waals surface area contributed by atoms with E-state index >= 15 is 0 Å². The van der Waals surface area contributed by atoms with Crippen LogP contribution in [0.3, 0.4) is 0 Å². The van der Waals surface area contributed by atoms with Gasteiger partial charge in [-0.15, -0.1) is 0 Å². The largest absolute Gasteiger partial charge is 0.444 e. The molecule has 4 nitrogen and oxygen atoms in total. The highest BCUT2D eigenvalue weighted by molar-refractivity contribution is 5.69. The molecule has 3 aliphatic rings. The smallest absolute Gasteiger partial charge is 0.410 e. The Balaban J connectivity index is 1.37. The maximum absolute atomic E-state index is 11.9. The fourth-order valence-electron chi connectivity index (χ4n) is 4.01. The number of carbonyl (C=O) groups excluding carboxylic acids is 1. The molecule has 0 atom stereocenters. The van der Waals surface area contributed by atoms with Crippen LogP contribution in [-0.2, 0) is 4.74 Å². The zero-order valence-electron chi connectivity index (χ0n) is 13.1. The van der Waals surface area contributed by atoms with Crippen LogP contribution in [0.5, 0.6) is 0 Å². The van der Waals surface area contributed by atoms with Crippen LogP contribution in [-0.4, -0.2) is 41.8 Å². The van der Waals surface area contributed by atoms with Crippen LogP contribution in [0.25, 0.3) is 0 Å². The second kappa shape index (κ2) is 4.90. The third kappa shape index (κ3) is 2.95. The maximum atomic E-state index is 11.9.